The number of rotatable bonds is 11. The highest BCUT2D eigenvalue weighted by molar-refractivity contribution is 5.79. The van der Waals surface area contributed by atoms with Crippen LogP contribution in [-0.4, -0.2) is 54.2 Å². The van der Waals surface area contributed by atoms with Gasteiger partial charge in [-0.1, -0.05) is 48.5 Å². The molecule has 0 bridgehead atoms. The normalized spacial score (nSPS) is 15.2. The van der Waals surface area contributed by atoms with Crippen molar-refractivity contribution in [3.8, 4) is 11.1 Å². The molecule has 0 saturated heterocycles. The number of hydrogen-bond donors (Lipinski definition) is 2. The van der Waals surface area contributed by atoms with Crippen LogP contribution in [-0.2, 0) is 14.3 Å². The van der Waals surface area contributed by atoms with Gasteiger partial charge in [-0.15, -0.1) is 0 Å². The third kappa shape index (κ3) is 5.76. The highest BCUT2D eigenvalue weighted by atomic mass is 16.5. The summed E-state index contributed by atoms with van der Waals surface area (Å²) in [5, 5.41) is 11.7. The Morgan fingerprint density at radius 1 is 1.03 bits per heavy atom. The molecule has 2 aromatic carbocycles. The quantitative estimate of drug-likeness (QED) is 0.481. The van der Waals surface area contributed by atoms with E-state index in [1.54, 1.807) is 11.9 Å². The van der Waals surface area contributed by atoms with Crippen LogP contribution in [0.1, 0.15) is 55.6 Å². The molecule has 0 spiro atoms. The first-order chi connectivity index (χ1) is 16.4. The van der Waals surface area contributed by atoms with Gasteiger partial charge in [0.1, 0.15) is 6.61 Å². The number of benzene rings is 2. The van der Waals surface area contributed by atoms with E-state index in [0.717, 1.165) is 24.0 Å². The van der Waals surface area contributed by atoms with Crippen LogP contribution < -0.4 is 5.32 Å². The number of nitrogens with zero attached hydrogens (tertiary/aromatic N) is 1. The molecule has 2 aliphatic rings. The molecule has 7 heteroatoms. The van der Waals surface area contributed by atoms with Gasteiger partial charge in [0.05, 0.1) is 0 Å². The summed E-state index contributed by atoms with van der Waals surface area (Å²) < 4.78 is 5.66. The standard InChI is InChI=1S/C27H32N2O5/c1-29(15-7-6-12-26(31)32)25(30)16-24(18-13-14-18)28-27(33)34-17-23-21-10-4-2-8-19(21)20-9-3-5-11-22(20)23/h2-5,8-11,18,23-24H,6-7,12-17H2,1H3,(H,28,33)(H,31,32). The lowest BCUT2D eigenvalue weighted by Crippen LogP contribution is -2.41. The van der Waals surface area contributed by atoms with Gasteiger partial charge in [0.2, 0.25) is 5.91 Å². The highest BCUT2D eigenvalue weighted by Crippen LogP contribution is 2.44. The predicted octanol–water partition coefficient (Wildman–Crippen LogP) is 4.41. The van der Waals surface area contributed by atoms with Crippen molar-refractivity contribution >= 4 is 18.0 Å². The van der Waals surface area contributed by atoms with Crippen molar-refractivity contribution in [1.82, 2.24) is 10.2 Å². The number of unbranched alkanes of at least 4 members (excludes halogenated alkanes) is 1. The number of carboxylic acids is 1. The fourth-order valence-corrected chi connectivity index (χ4v) is 4.72. The van der Waals surface area contributed by atoms with Gasteiger partial charge in [0, 0.05) is 38.4 Å². The van der Waals surface area contributed by atoms with Crippen LogP contribution in [0.25, 0.3) is 11.1 Å². The Morgan fingerprint density at radius 3 is 2.24 bits per heavy atom. The first-order valence-corrected chi connectivity index (χ1v) is 12.0. The number of alkyl carbamates (subject to hydrolysis) is 1. The van der Waals surface area contributed by atoms with Gasteiger partial charge in [-0.2, -0.15) is 0 Å². The fraction of sp³-hybridized carbons (Fsp3) is 0.444. The van der Waals surface area contributed by atoms with Crippen molar-refractivity contribution in [3.05, 3.63) is 59.7 Å². The van der Waals surface area contributed by atoms with Gasteiger partial charge in [-0.05, 0) is 53.9 Å². The van der Waals surface area contributed by atoms with Gasteiger partial charge in [0.25, 0.3) is 0 Å². The molecule has 2 amide bonds. The summed E-state index contributed by atoms with van der Waals surface area (Å²) >= 11 is 0. The SMILES string of the molecule is CN(CCCCC(=O)O)C(=O)CC(NC(=O)OCC1c2ccccc2-c2ccccc21)C1CC1. The Labute approximate surface area is 200 Å². The fourth-order valence-electron chi connectivity index (χ4n) is 4.72. The number of fused-ring (bicyclic) bond motifs is 3. The molecule has 1 fully saturated rings. The third-order valence-corrected chi connectivity index (χ3v) is 6.79. The topological polar surface area (TPSA) is 95.9 Å². The molecule has 2 aliphatic carbocycles. The molecular weight excluding hydrogens is 432 g/mol. The maximum atomic E-state index is 12.7. The van der Waals surface area contributed by atoms with Crippen molar-refractivity contribution < 1.29 is 24.2 Å². The van der Waals surface area contributed by atoms with Crippen molar-refractivity contribution in [1.29, 1.82) is 0 Å². The molecule has 2 aromatic rings. The molecule has 2 N–H and O–H groups in total. The smallest absolute Gasteiger partial charge is 0.407 e. The van der Waals surface area contributed by atoms with Crippen molar-refractivity contribution in [2.24, 2.45) is 5.92 Å². The lowest BCUT2D eigenvalue weighted by Gasteiger charge is -2.23. The summed E-state index contributed by atoms with van der Waals surface area (Å²) in [7, 11) is 1.72. The largest absolute Gasteiger partial charge is 0.481 e. The van der Waals surface area contributed by atoms with E-state index in [9.17, 15) is 14.4 Å². The zero-order valence-electron chi connectivity index (χ0n) is 19.5. The second-order valence-corrected chi connectivity index (χ2v) is 9.28. The Balaban J connectivity index is 1.29. The monoisotopic (exact) mass is 464 g/mol. The first-order valence-electron chi connectivity index (χ1n) is 12.0. The molecule has 0 aromatic heterocycles. The van der Waals surface area contributed by atoms with Crippen LogP contribution in [0.4, 0.5) is 4.79 Å². The number of amides is 2. The first kappa shape index (κ1) is 23.8. The van der Waals surface area contributed by atoms with Crippen LogP contribution in [0.2, 0.25) is 0 Å². The molecule has 0 heterocycles. The predicted molar refractivity (Wildman–Crippen MR) is 128 cm³/mol. The average Bonchev–Trinajstić information content (AvgIpc) is 3.63. The number of carboxylic acid groups (broad SMARTS) is 1. The third-order valence-electron chi connectivity index (χ3n) is 6.79. The van der Waals surface area contributed by atoms with E-state index in [1.807, 2.05) is 24.3 Å². The molecule has 7 nitrogen and oxygen atoms in total. The molecule has 1 saturated carbocycles. The molecule has 0 radical (unpaired) electrons. The molecule has 1 atom stereocenters. The van der Waals surface area contributed by atoms with Crippen LogP contribution in [0.15, 0.2) is 48.5 Å². The number of aliphatic carboxylic acids is 1. The van der Waals surface area contributed by atoms with E-state index in [4.69, 9.17) is 9.84 Å². The number of carbonyl (C=O) groups excluding carboxylic acids is 2. The van der Waals surface area contributed by atoms with E-state index >= 15 is 0 Å². The number of hydrogen-bond acceptors (Lipinski definition) is 4. The number of nitrogens with one attached hydrogen (secondary N) is 1. The van der Waals surface area contributed by atoms with Gasteiger partial charge in [-0.3, -0.25) is 9.59 Å². The summed E-state index contributed by atoms with van der Waals surface area (Å²) in [6.45, 7) is 0.753. The van der Waals surface area contributed by atoms with E-state index in [2.05, 4.69) is 29.6 Å². The zero-order valence-corrected chi connectivity index (χ0v) is 19.5. The van der Waals surface area contributed by atoms with Crippen LogP contribution in [0.5, 0.6) is 0 Å². The summed E-state index contributed by atoms with van der Waals surface area (Å²) in [4.78, 5) is 37.6. The van der Waals surface area contributed by atoms with E-state index in [-0.39, 0.29) is 37.3 Å². The maximum Gasteiger partial charge on any atom is 0.407 e. The Morgan fingerprint density at radius 2 is 1.65 bits per heavy atom. The van der Waals surface area contributed by atoms with Crippen LogP contribution in [0.3, 0.4) is 0 Å². The number of ether oxygens (including phenoxy) is 1. The van der Waals surface area contributed by atoms with Crippen molar-refractivity contribution in [2.75, 3.05) is 20.2 Å². The van der Waals surface area contributed by atoms with Crippen molar-refractivity contribution in [2.45, 2.75) is 50.5 Å². The van der Waals surface area contributed by atoms with E-state index in [0.29, 0.717) is 25.3 Å². The lowest BCUT2D eigenvalue weighted by molar-refractivity contribution is -0.137. The minimum absolute atomic E-state index is 0.00362. The Kier molecular flexibility index (Phi) is 7.50. The molecule has 0 aliphatic heterocycles. The average molecular weight is 465 g/mol. The Bertz CT molecular complexity index is 1000. The second kappa shape index (κ2) is 10.7. The lowest BCUT2D eigenvalue weighted by atomic mass is 9.98. The second-order valence-electron chi connectivity index (χ2n) is 9.28. The maximum absolute atomic E-state index is 12.7. The molecule has 1 unspecified atom stereocenters. The van der Waals surface area contributed by atoms with Gasteiger partial charge < -0.3 is 20.1 Å². The van der Waals surface area contributed by atoms with Crippen LogP contribution in [0, 0.1) is 5.92 Å². The van der Waals surface area contributed by atoms with Crippen LogP contribution >= 0.6 is 0 Å². The zero-order chi connectivity index (χ0) is 24.1. The summed E-state index contributed by atoms with van der Waals surface area (Å²) in [5.41, 5.74) is 4.68. The molecule has 4 rings (SSSR count). The number of carbonyl (C=O) groups is 3. The highest BCUT2D eigenvalue weighted by Gasteiger charge is 2.35. The summed E-state index contributed by atoms with van der Waals surface area (Å²) in [5.74, 6) is -0.581. The van der Waals surface area contributed by atoms with Crippen molar-refractivity contribution in [3.63, 3.8) is 0 Å². The van der Waals surface area contributed by atoms with E-state index < -0.39 is 12.1 Å². The van der Waals surface area contributed by atoms with E-state index in [1.165, 1.54) is 11.1 Å². The summed E-state index contributed by atoms with van der Waals surface area (Å²) in [6.07, 6.45) is 3.00. The van der Waals surface area contributed by atoms with Gasteiger partial charge in [0.15, 0.2) is 0 Å². The van der Waals surface area contributed by atoms with Gasteiger partial charge >= 0.3 is 12.1 Å². The minimum atomic E-state index is -0.824. The molecular formula is C27H32N2O5. The minimum Gasteiger partial charge on any atom is -0.481 e. The van der Waals surface area contributed by atoms with Gasteiger partial charge in [-0.25, -0.2) is 4.79 Å². The molecule has 180 valence electrons. The Hall–Kier alpha value is -3.35. The summed E-state index contributed by atoms with van der Waals surface area (Å²) in [6, 6.07) is 16.2. The molecule has 34 heavy (non-hydrogen) atoms.